The molecule has 1 heterocycles. The van der Waals surface area contributed by atoms with Crippen molar-refractivity contribution in [3.8, 4) is 5.75 Å². The number of benzene rings is 1. The molecule has 0 spiro atoms. The van der Waals surface area contributed by atoms with E-state index in [4.69, 9.17) is 4.74 Å². The summed E-state index contributed by atoms with van der Waals surface area (Å²) in [6.07, 6.45) is 3.50. The summed E-state index contributed by atoms with van der Waals surface area (Å²) in [7, 11) is 1.49. The minimum Gasteiger partial charge on any atom is -0.494 e. The third kappa shape index (κ3) is 3.60. The van der Waals surface area contributed by atoms with E-state index in [0.29, 0.717) is 11.8 Å². The normalized spacial score (nSPS) is 19.5. The van der Waals surface area contributed by atoms with Crippen molar-refractivity contribution < 1.29 is 9.13 Å². The second-order valence-electron chi connectivity index (χ2n) is 5.06. The summed E-state index contributed by atoms with van der Waals surface area (Å²) in [6, 6.07) is 5.72. The number of piperidine rings is 1. The first-order chi connectivity index (χ1) is 9.24. The molecule has 0 aliphatic carbocycles. The Morgan fingerprint density at radius 2 is 2.32 bits per heavy atom. The van der Waals surface area contributed by atoms with Crippen LogP contribution in [0.5, 0.6) is 5.75 Å². The lowest BCUT2D eigenvalue weighted by atomic mass is 10.0. The van der Waals surface area contributed by atoms with Crippen molar-refractivity contribution >= 4 is 5.69 Å². The molecule has 1 aliphatic heterocycles. The Bertz CT molecular complexity index is 411. The highest BCUT2D eigenvalue weighted by atomic mass is 19.1. The molecular formula is C15H23FN2O. The number of halogens is 1. The van der Waals surface area contributed by atoms with Gasteiger partial charge in [-0.15, -0.1) is 0 Å². The molecule has 1 N–H and O–H groups in total. The molecule has 1 aromatic rings. The molecule has 0 aromatic heterocycles. The summed E-state index contributed by atoms with van der Waals surface area (Å²) in [5.74, 6) is 0.0186. The summed E-state index contributed by atoms with van der Waals surface area (Å²) in [5, 5.41) is 3.55. The van der Waals surface area contributed by atoms with Crippen molar-refractivity contribution in [2.24, 2.45) is 0 Å². The van der Waals surface area contributed by atoms with Crippen LogP contribution in [0.15, 0.2) is 18.2 Å². The number of methoxy groups -OCH3 is 1. The first-order valence-corrected chi connectivity index (χ1v) is 7.06. The van der Waals surface area contributed by atoms with Crippen LogP contribution in [-0.4, -0.2) is 32.8 Å². The Morgan fingerprint density at radius 3 is 3.00 bits per heavy atom. The quantitative estimate of drug-likeness (QED) is 0.887. The van der Waals surface area contributed by atoms with Gasteiger partial charge in [-0.25, -0.2) is 4.39 Å². The highest BCUT2D eigenvalue weighted by Gasteiger charge is 2.20. The van der Waals surface area contributed by atoms with Gasteiger partial charge >= 0.3 is 0 Å². The van der Waals surface area contributed by atoms with E-state index in [2.05, 4.69) is 17.1 Å². The summed E-state index contributed by atoms with van der Waals surface area (Å²) in [4.78, 5) is 2.25. The van der Waals surface area contributed by atoms with E-state index >= 15 is 0 Å². The van der Waals surface area contributed by atoms with Gasteiger partial charge in [0.25, 0.3) is 0 Å². The first-order valence-electron chi connectivity index (χ1n) is 7.06. The van der Waals surface area contributed by atoms with Crippen LogP contribution in [0.2, 0.25) is 0 Å². The molecule has 1 aromatic carbocycles. The first kappa shape index (κ1) is 14.1. The second kappa shape index (κ2) is 6.75. The predicted octanol–water partition coefficient (Wildman–Crippen LogP) is 2.80. The van der Waals surface area contributed by atoms with Gasteiger partial charge in [-0.3, -0.25) is 0 Å². The minimum absolute atomic E-state index is 0.288. The fourth-order valence-electron chi connectivity index (χ4n) is 2.58. The van der Waals surface area contributed by atoms with Crippen LogP contribution < -0.4 is 15.0 Å². The molecule has 1 atom stereocenters. The number of ether oxygens (including phenoxy) is 1. The second-order valence-corrected chi connectivity index (χ2v) is 5.06. The number of nitrogens with zero attached hydrogens (tertiary/aromatic N) is 1. The average Bonchev–Trinajstić information content (AvgIpc) is 2.45. The van der Waals surface area contributed by atoms with Crippen LogP contribution in [0.25, 0.3) is 0 Å². The zero-order chi connectivity index (χ0) is 13.7. The van der Waals surface area contributed by atoms with Crippen molar-refractivity contribution in [2.75, 3.05) is 31.6 Å². The van der Waals surface area contributed by atoms with Crippen LogP contribution in [0.1, 0.15) is 26.2 Å². The largest absolute Gasteiger partial charge is 0.494 e. The maximum Gasteiger partial charge on any atom is 0.167 e. The lowest BCUT2D eigenvalue weighted by Gasteiger charge is -2.35. The number of anilines is 1. The Kier molecular flexibility index (Phi) is 5.02. The molecule has 19 heavy (non-hydrogen) atoms. The van der Waals surface area contributed by atoms with Crippen LogP contribution >= 0.6 is 0 Å². The summed E-state index contributed by atoms with van der Waals surface area (Å²) in [5.41, 5.74) is 0.946. The Balaban J connectivity index is 2.02. The molecule has 0 saturated carbocycles. The molecule has 4 heteroatoms. The van der Waals surface area contributed by atoms with E-state index in [9.17, 15) is 4.39 Å². The Hall–Kier alpha value is -1.29. The van der Waals surface area contributed by atoms with Gasteiger partial charge in [0, 0.05) is 30.9 Å². The molecule has 0 bridgehead atoms. The fraction of sp³-hybridized carbons (Fsp3) is 0.600. The van der Waals surface area contributed by atoms with Crippen molar-refractivity contribution in [3.63, 3.8) is 0 Å². The SMILES string of the molecule is CCCNC1CCCN(c2ccc(OC)c(F)c2)C1. The van der Waals surface area contributed by atoms with Crippen LogP contribution in [0.4, 0.5) is 10.1 Å². The molecule has 2 rings (SSSR count). The molecular weight excluding hydrogens is 243 g/mol. The minimum atomic E-state index is -0.288. The Labute approximate surface area is 114 Å². The molecule has 0 amide bonds. The molecule has 106 valence electrons. The van der Waals surface area contributed by atoms with Gasteiger partial charge in [0.05, 0.1) is 7.11 Å². The molecule has 0 radical (unpaired) electrons. The van der Waals surface area contributed by atoms with Crippen molar-refractivity contribution in [3.05, 3.63) is 24.0 Å². The van der Waals surface area contributed by atoms with E-state index in [0.717, 1.165) is 38.2 Å². The molecule has 3 nitrogen and oxygen atoms in total. The van der Waals surface area contributed by atoms with Gasteiger partial charge in [0.2, 0.25) is 0 Å². The van der Waals surface area contributed by atoms with Crippen LogP contribution in [0, 0.1) is 5.82 Å². The summed E-state index contributed by atoms with van der Waals surface area (Å²) >= 11 is 0. The van der Waals surface area contributed by atoms with E-state index in [1.807, 2.05) is 6.07 Å². The number of hydrogen-bond donors (Lipinski definition) is 1. The summed E-state index contributed by atoms with van der Waals surface area (Å²) < 4.78 is 18.7. The lowest BCUT2D eigenvalue weighted by molar-refractivity contribution is 0.386. The van der Waals surface area contributed by atoms with Crippen molar-refractivity contribution in [1.29, 1.82) is 0 Å². The standard InChI is InChI=1S/C15H23FN2O/c1-3-8-17-12-5-4-9-18(11-12)13-6-7-15(19-2)14(16)10-13/h6-7,10,12,17H,3-5,8-9,11H2,1-2H3. The van der Waals surface area contributed by atoms with Gasteiger partial charge in [-0.2, -0.15) is 0 Å². The topological polar surface area (TPSA) is 24.5 Å². The van der Waals surface area contributed by atoms with Gasteiger partial charge in [-0.05, 0) is 37.9 Å². The van der Waals surface area contributed by atoms with Gasteiger partial charge in [0.15, 0.2) is 11.6 Å². The van der Waals surface area contributed by atoms with Crippen LogP contribution in [0.3, 0.4) is 0 Å². The number of rotatable bonds is 5. The smallest absolute Gasteiger partial charge is 0.167 e. The van der Waals surface area contributed by atoms with Crippen molar-refractivity contribution in [2.45, 2.75) is 32.2 Å². The van der Waals surface area contributed by atoms with Gasteiger partial charge < -0.3 is 15.0 Å². The fourth-order valence-corrected chi connectivity index (χ4v) is 2.58. The molecule has 1 unspecified atom stereocenters. The van der Waals surface area contributed by atoms with Gasteiger partial charge in [-0.1, -0.05) is 6.92 Å². The molecule has 1 aliphatic rings. The zero-order valence-corrected chi connectivity index (χ0v) is 11.8. The number of hydrogen-bond acceptors (Lipinski definition) is 3. The highest BCUT2D eigenvalue weighted by molar-refractivity contribution is 5.50. The monoisotopic (exact) mass is 266 g/mol. The van der Waals surface area contributed by atoms with Crippen LogP contribution in [-0.2, 0) is 0 Å². The van der Waals surface area contributed by atoms with Gasteiger partial charge in [0.1, 0.15) is 0 Å². The zero-order valence-electron chi connectivity index (χ0n) is 11.8. The third-order valence-electron chi connectivity index (χ3n) is 3.60. The van der Waals surface area contributed by atoms with E-state index < -0.39 is 0 Å². The molecule has 1 saturated heterocycles. The van der Waals surface area contributed by atoms with E-state index in [1.165, 1.54) is 13.5 Å². The molecule has 1 fully saturated rings. The lowest BCUT2D eigenvalue weighted by Crippen LogP contribution is -2.46. The maximum absolute atomic E-state index is 13.7. The van der Waals surface area contributed by atoms with E-state index in [-0.39, 0.29) is 5.82 Å². The third-order valence-corrected chi connectivity index (χ3v) is 3.60. The predicted molar refractivity (Wildman–Crippen MR) is 76.5 cm³/mol. The summed E-state index contributed by atoms with van der Waals surface area (Å²) in [6.45, 7) is 5.17. The maximum atomic E-state index is 13.7. The Morgan fingerprint density at radius 1 is 1.47 bits per heavy atom. The van der Waals surface area contributed by atoms with E-state index in [1.54, 1.807) is 12.1 Å². The number of nitrogens with one attached hydrogen (secondary N) is 1. The highest BCUT2D eigenvalue weighted by Crippen LogP contribution is 2.25. The average molecular weight is 266 g/mol. The van der Waals surface area contributed by atoms with Crippen molar-refractivity contribution in [1.82, 2.24) is 5.32 Å².